The first-order valence-electron chi connectivity index (χ1n) is 6.41. The Morgan fingerprint density at radius 2 is 1.82 bits per heavy atom. The van der Waals surface area contributed by atoms with Crippen LogP contribution in [-0.4, -0.2) is 20.7 Å². The van der Waals surface area contributed by atoms with E-state index >= 15 is 0 Å². The standard InChI is InChI=1S/C15H25NO/c1-6-13(10-16-4)9-14-7-11(2)15(17-5)12(3)8-14/h7-8,13,16H,6,9-10H2,1-5H3. The fourth-order valence-electron chi connectivity index (χ4n) is 2.46. The Hall–Kier alpha value is -1.02. The normalized spacial score (nSPS) is 12.5. The first-order chi connectivity index (χ1) is 8.12. The lowest BCUT2D eigenvalue weighted by Gasteiger charge is -2.16. The minimum Gasteiger partial charge on any atom is -0.496 e. The van der Waals surface area contributed by atoms with E-state index in [1.54, 1.807) is 7.11 Å². The van der Waals surface area contributed by atoms with Gasteiger partial charge in [-0.3, -0.25) is 0 Å². The molecule has 0 saturated heterocycles. The summed E-state index contributed by atoms with van der Waals surface area (Å²) in [7, 11) is 3.76. The van der Waals surface area contributed by atoms with Crippen LogP contribution in [-0.2, 0) is 6.42 Å². The van der Waals surface area contributed by atoms with Crippen molar-refractivity contribution >= 4 is 0 Å². The zero-order valence-corrected chi connectivity index (χ0v) is 11.8. The van der Waals surface area contributed by atoms with Crippen molar-refractivity contribution in [2.45, 2.75) is 33.6 Å². The van der Waals surface area contributed by atoms with E-state index in [-0.39, 0.29) is 0 Å². The van der Waals surface area contributed by atoms with E-state index < -0.39 is 0 Å². The summed E-state index contributed by atoms with van der Waals surface area (Å²) in [6, 6.07) is 4.51. The van der Waals surface area contributed by atoms with E-state index in [0.717, 1.165) is 18.7 Å². The number of rotatable bonds is 6. The van der Waals surface area contributed by atoms with Gasteiger partial charge in [-0.2, -0.15) is 0 Å². The summed E-state index contributed by atoms with van der Waals surface area (Å²) in [6.45, 7) is 7.58. The van der Waals surface area contributed by atoms with Gasteiger partial charge in [0.25, 0.3) is 0 Å². The maximum absolute atomic E-state index is 5.40. The molecule has 1 atom stereocenters. The molecule has 0 saturated carbocycles. The van der Waals surface area contributed by atoms with Crippen molar-refractivity contribution in [3.63, 3.8) is 0 Å². The quantitative estimate of drug-likeness (QED) is 0.818. The molecule has 0 fully saturated rings. The first kappa shape index (κ1) is 14.0. The highest BCUT2D eigenvalue weighted by Crippen LogP contribution is 2.25. The molecule has 17 heavy (non-hydrogen) atoms. The van der Waals surface area contributed by atoms with Crippen molar-refractivity contribution in [3.05, 3.63) is 28.8 Å². The molecule has 0 amide bonds. The predicted molar refractivity (Wildman–Crippen MR) is 73.9 cm³/mol. The molecule has 0 aliphatic heterocycles. The fourth-order valence-corrected chi connectivity index (χ4v) is 2.46. The first-order valence-corrected chi connectivity index (χ1v) is 6.41. The number of hydrogen-bond donors (Lipinski definition) is 1. The third-order valence-corrected chi connectivity index (χ3v) is 3.32. The van der Waals surface area contributed by atoms with E-state index in [4.69, 9.17) is 4.74 Å². The van der Waals surface area contributed by atoms with Gasteiger partial charge in [-0.05, 0) is 56.5 Å². The molecule has 0 spiro atoms. The van der Waals surface area contributed by atoms with Crippen LogP contribution in [0.3, 0.4) is 0 Å². The lowest BCUT2D eigenvalue weighted by atomic mass is 9.94. The smallest absolute Gasteiger partial charge is 0.124 e. The zero-order valence-electron chi connectivity index (χ0n) is 11.8. The molecule has 1 unspecified atom stereocenters. The Labute approximate surface area is 105 Å². The Bertz CT molecular complexity index is 337. The van der Waals surface area contributed by atoms with Gasteiger partial charge in [0, 0.05) is 0 Å². The molecule has 1 aromatic rings. The van der Waals surface area contributed by atoms with Gasteiger partial charge in [-0.25, -0.2) is 0 Å². The van der Waals surface area contributed by atoms with Crippen LogP contribution in [0.4, 0.5) is 0 Å². The van der Waals surface area contributed by atoms with E-state index in [2.05, 4.69) is 38.2 Å². The fraction of sp³-hybridized carbons (Fsp3) is 0.600. The molecule has 1 rings (SSSR count). The number of aryl methyl sites for hydroxylation is 2. The maximum Gasteiger partial charge on any atom is 0.124 e. The van der Waals surface area contributed by atoms with Gasteiger partial charge in [-0.1, -0.05) is 25.5 Å². The molecule has 2 heteroatoms. The monoisotopic (exact) mass is 235 g/mol. The van der Waals surface area contributed by atoms with Crippen LogP contribution in [0.2, 0.25) is 0 Å². The summed E-state index contributed by atoms with van der Waals surface area (Å²) in [6.07, 6.45) is 2.36. The van der Waals surface area contributed by atoms with Crippen LogP contribution in [0.5, 0.6) is 5.75 Å². The molecule has 96 valence electrons. The third kappa shape index (κ3) is 3.74. The highest BCUT2D eigenvalue weighted by molar-refractivity contribution is 5.43. The summed E-state index contributed by atoms with van der Waals surface area (Å²) in [4.78, 5) is 0. The van der Waals surface area contributed by atoms with Gasteiger partial charge in [0.1, 0.15) is 5.75 Å². The Morgan fingerprint density at radius 3 is 2.24 bits per heavy atom. The van der Waals surface area contributed by atoms with Gasteiger partial charge in [0.15, 0.2) is 0 Å². The summed E-state index contributed by atoms with van der Waals surface area (Å²) >= 11 is 0. The molecule has 0 bridgehead atoms. The second-order valence-corrected chi connectivity index (χ2v) is 4.80. The summed E-state index contributed by atoms with van der Waals surface area (Å²) in [5.41, 5.74) is 3.89. The van der Waals surface area contributed by atoms with Crippen LogP contribution in [0.1, 0.15) is 30.0 Å². The summed E-state index contributed by atoms with van der Waals surface area (Å²) in [5.74, 6) is 1.74. The zero-order chi connectivity index (χ0) is 12.8. The average molecular weight is 235 g/mol. The van der Waals surface area contributed by atoms with Crippen molar-refractivity contribution < 1.29 is 4.74 Å². The van der Waals surface area contributed by atoms with Gasteiger partial charge < -0.3 is 10.1 Å². The molecule has 1 aromatic carbocycles. The molecule has 2 nitrogen and oxygen atoms in total. The molecular weight excluding hydrogens is 210 g/mol. The molecule has 0 aromatic heterocycles. The SMILES string of the molecule is CCC(CNC)Cc1cc(C)c(OC)c(C)c1. The van der Waals surface area contributed by atoms with Gasteiger partial charge >= 0.3 is 0 Å². The van der Waals surface area contributed by atoms with E-state index in [1.165, 1.54) is 23.1 Å². The van der Waals surface area contributed by atoms with Gasteiger partial charge in [-0.15, -0.1) is 0 Å². The second kappa shape index (κ2) is 6.65. The van der Waals surface area contributed by atoms with Gasteiger partial charge in [0.2, 0.25) is 0 Å². The number of nitrogens with one attached hydrogen (secondary N) is 1. The van der Waals surface area contributed by atoms with Crippen molar-refractivity contribution in [1.82, 2.24) is 5.32 Å². The minimum absolute atomic E-state index is 0.715. The van der Waals surface area contributed by atoms with Crippen LogP contribution in [0.15, 0.2) is 12.1 Å². The Kier molecular flexibility index (Phi) is 5.49. The van der Waals surface area contributed by atoms with Gasteiger partial charge in [0.05, 0.1) is 7.11 Å². The van der Waals surface area contributed by atoms with Crippen LogP contribution >= 0.6 is 0 Å². The molecule has 0 radical (unpaired) electrons. The average Bonchev–Trinajstić information content (AvgIpc) is 2.28. The summed E-state index contributed by atoms with van der Waals surface area (Å²) < 4.78 is 5.40. The van der Waals surface area contributed by atoms with Crippen LogP contribution in [0, 0.1) is 19.8 Å². The molecule has 1 N–H and O–H groups in total. The largest absolute Gasteiger partial charge is 0.496 e. The van der Waals surface area contributed by atoms with Crippen LogP contribution in [0.25, 0.3) is 0 Å². The Morgan fingerprint density at radius 1 is 1.24 bits per heavy atom. The maximum atomic E-state index is 5.40. The van der Waals surface area contributed by atoms with Crippen LogP contribution < -0.4 is 10.1 Å². The Balaban J connectivity index is 2.85. The molecule has 0 aliphatic rings. The van der Waals surface area contributed by atoms with E-state index in [1.807, 2.05) is 7.05 Å². The molecule has 0 heterocycles. The van der Waals surface area contributed by atoms with Crippen molar-refractivity contribution in [3.8, 4) is 5.75 Å². The lowest BCUT2D eigenvalue weighted by Crippen LogP contribution is -2.20. The highest BCUT2D eigenvalue weighted by atomic mass is 16.5. The number of methoxy groups -OCH3 is 1. The second-order valence-electron chi connectivity index (χ2n) is 4.80. The lowest BCUT2D eigenvalue weighted by molar-refractivity contribution is 0.408. The number of ether oxygens (including phenoxy) is 1. The molecular formula is C15H25NO. The number of benzene rings is 1. The summed E-state index contributed by atoms with van der Waals surface area (Å²) in [5, 5.41) is 3.27. The molecule has 0 aliphatic carbocycles. The van der Waals surface area contributed by atoms with E-state index in [9.17, 15) is 0 Å². The van der Waals surface area contributed by atoms with Crippen molar-refractivity contribution in [2.24, 2.45) is 5.92 Å². The third-order valence-electron chi connectivity index (χ3n) is 3.32. The number of hydrogen-bond acceptors (Lipinski definition) is 2. The predicted octanol–water partition coefficient (Wildman–Crippen LogP) is 3.10. The van der Waals surface area contributed by atoms with E-state index in [0.29, 0.717) is 5.92 Å². The topological polar surface area (TPSA) is 21.3 Å². The van der Waals surface area contributed by atoms with Crippen molar-refractivity contribution in [2.75, 3.05) is 20.7 Å². The van der Waals surface area contributed by atoms with Crippen molar-refractivity contribution in [1.29, 1.82) is 0 Å². The highest BCUT2D eigenvalue weighted by Gasteiger charge is 2.10. The minimum atomic E-state index is 0.715.